The second kappa shape index (κ2) is 7.65. The number of carbonyl (C=O) groups is 2. The average molecular weight is 332 g/mol. The highest BCUT2D eigenvalue weighted by Crippen LogP contribution is 2.22. The Morgan fingerprint density at radius 1 is 1.13 bits per heavy atom. The summed E-state index contributed by atoms with van der Waals surface area (Å²) in [6.45, 7) is 2.21. The molecule has 23 heavy (non-hydrogen) atoms. The Morgan fingerprint density at radius 3 is 2.39 bits per heavy atom. The molecule has 5 nitrogen and oxygen atoms in total. The highest BCUT2D eigenvalue weighted by Gasteiger charge is 2.13. The van der Waals surface area contributed by atoms with Gasteiger partial charge in [-0.05, 0) is 36.2 Å². The van der Waals surface area contributed by atoms with Crippen molar-refractivity contribution in [1.82, 2.24) is 10.6 Å². The summed E-state index contributed by atoms with van der Waals surface area (Å²) in [5.41, 5.74) is 7.28. The first-order valence-corrected chi connectivity index (χ1v) is 7.52. The molecule has 2 rings (SSSR count). The van der Waals surface area contributed by atoms with E-state index in [0.717, 1.165) is 11.1 Å². The standard InChI is InChI=1S/C17H18ClN3O2/c1-11(14-4-2-3-5-15(14)18)21-16(22)13-8-6-12(7-9-13)10-20-17(19)23/h2-9,11H,10H2,1H3,(H,21,22)(H3,19,20,23)/t11-/m1/s1. The van der Waals surface area contributed by atoms with E-state index < -0.39 is 6.03 Å². The van der Waals surface area contributed by atoms with Crippen LogP contribution in [0.15, 0.2) is 48.5 Å². The van der Waals surface area contributed by atoms with Crippen LogP contribution >= 0.6 is 11.6 Å². The van der Waals surface area contributed by atoms with Gasteiger partial charge in [0.1, 0.15) is 0 Å². The van der Waals surface area contributed by atoms with Crippen molar-refractivity contribution in [2.75, 3.05) is 0 Å². The average Bonchev–Trinajstić information content (AvgIpc) is 2.53. The van der Waals surface area contributed by atoms with Crippen LogP contribution in [0.25, 0.3) is 0 Å². The first kappa shape index (κ1) is 16.8. The van der Waals surface area contributed by atoms with Crippen molar-refractivity contribution < 1.29 is 9.59 Å². The largest absolute Gasteiger partial charge is 0.352 e. The van der Waals surface area contributed by atoms with Crippen LogP contribution < -0.4 is 16.4 Å². The van der Waals surface area contributed by atoms with E-state index in [0.29, 0.717) is 17.1 Å². The summed E-state index contributed by atoms with van der Waals surface area (Å²) >= 11 is 6.13. The minimum absolute atomic E-state index is 0.188. The molecule has 1 atom stereocenters. The van der Waals surface area contributed by atoms with E-state index in [4.69, 9.17) is 17.3 Å². The summed E-state index contributed by atoms with van der Waals surface area (Å²) in [5, 5.41) is 6.02. The molecule has 0 aliphatic carbocycles. The molecular weight excluding hydrogens is 314 g/mol. The van der Waals surface area contributed by atoms with E-state index in [9.17, 15) is 9.59 Å². The molecule has 2 aromatic carbocycles. The fourth-order valence-corrected chi connectivity index (χ4v) is 2.45. The summed E-state index contributed by atoms with van der Waals surface area (Å²) in [4.78, 5) is 22.9. The zero-order valence-electron chi connectivity index (χ0n) is 12.7. The maximum absolute atomic E-state index is 12.3. The van der Waals surface area contributed by atoms with Crippen molar-refractivity contribution in [3.05, 3.63) is 70.2 Å². The fraction of sp³-hybridized carbons (Fsp3) is 0.176. The number of nitrogens with one attached hydrogen (secondary N) is 2. The molecule has 6 heteroatoms. The minimum atomic E-state index is -0.583. The number of hydrogen-bond acceptors (Lipinski definition) is 2. The molecule has 0 radical (unpaired) electrons. The monoisotopic (exact) mass is 331 g/mol. The maximum atomic E-state index is 12.3. The van der Waals surface area contributed by atoms with Crippen molar-refractivity contribution >= 4 is 23.5 Å². The Kier molecular flexibility index (Phi) is 5.60. The first-order chi connectivity index (χ1) is 11.0. The molecule has 0 bridgehead atoms. The lowest BCUT2D eigenvalue weighted by molar-refractivity contribution is 0.0940. The zero-order chi connectivity index (χ0) is 16.8. The summed E-state index contributed by atoms with van der Waals surface area (Å²) in [5.74, 6) is -0.188. The topological polar surface area (TPSA) is 84.2 Å². The molecular formula is C17H18ClN3O2. The van der Waals surface area contributed by atoms with Crippen molar-refractivity contribution in [2.45, 2.75) is 19.5 Å². The van der Waals surface area contributed by atoms with Gasteiger partial charge in [0.2, 0.25) is 0 Å². The van der Waals surface area contributed by atoms with Crippen LogP contribution in [-0.4, -0.2) is 11.9 Å². The zero-order valence-corrected chi connectivity index (χ0v) is 13.4. The van der Waals surface area contributed by atoms with Gasteiger partial charge >= 0.3 is 6.03 Å². The van der Waals surface area contributed by atoms with Gasteiger partial charge in [-0.2, -0.15) is 0 Å². The third-order valence-corrected chi connectivity index (χ3v) is 3.75. The highest BCUT2D eigenvalue weighted by molar-refractivity contribution is 6.31. The molecule has 0 unspecified atom stereocenters. The number of halogens is 1. The number of rotatable bonds is 5. The highest BCUT2D eigenvalue weighted by atomic mass is 35.5. The van der Waals surface area contributed by atoms with Crippen LogP contribution in [0.2, 0.25) is 5.02 Å². The van der Waals surface area contributed by atoms with E-state index in [1.807, 2.05) is 25.1 Å². The van der Waals surface area contributed by atoms with Gasteiger partial charge in [0.05, 0.1) is 6.04 Å². The number of hydrogen-bond donors (Lipinski definition) is 3. The lowest BCUT2D eigenvalue weighted by Gasteiger charge is -2.16. The molecule has 0 aliphatic rings. The summed E-state index contributed by atoms with van der Waals surface area (Å²) < 4.78 is 0. The van der Waals surface area contributed by atoms with Crippen molar-refractivity contribution in [1.29, 1.82) is 0 Å². The van der Waals surface area contributed by atoms with Gasteiger partial charge in [-0.1, -0.05) is 41.9 Å². The third kappa shape index (κ3) is 4.72. The van der Waals surface area contributed by atoms with Gasteiger partial charge in [0.25, 0.3) is 5.91 Å². The van der Waals surface area contributed by atoms with Crippen LogP contribution in [0.4, 0.5) is 4.79 Å². The quantitative estimate of drug-likeness (QED) is 0.786. The number of nitrogens with two attached hydrogens (primary N) is 1. The SMILES string of the molecule is C[C@@H](NC(=O)c1ccc(CNC(N)=O)cc1)c1ccccc1Cl. The number of carbonyl (C=O) groups excluding carboxylic acids is 2. The Morgan fingerprint density at radius 2 is 1.78 bits per heavy atom. The van der Waals surface area contributed by atoms with Gasteiger partial charge < -0.3 is 16.4 Å². The van der Waals surface area contributed by atoms with Gasteiger partial charge in [0, 0.05) is 17.1 Å². The predicted molar refractivity (Wildman–Crippen MR) is 90.2 cm³/mol. The lowest BCUT2D eigenvalue weighted by Crippen LogP contribution is -2.29. The second-order valence-electron chi connectivity index (χ2n) is 5.13. The van der Waals surface area contributed by atoms with E-state index in [2.05, 4.69) is 10.6 Å². The fourth-order valence-electron chi connectivity index (χ4n) is 2.15. The van der Waals surface area contributed by atoms with Crippen LogP contribution in [0.5, 0.6) is 0 Å². The number of benzene rings is 2. The van der Waals surface area contributed by atoms with E-state index in [1.165, 1.54) is 0 Å². The molecule has 0 heterocycles. The van der Waals surface area contributed by atoms with Gasteiger partial charge in [-0.3, -0.25) is 4.79 Å². The van der Waals surface area contributed by atoms with Crippen LogP contribution in [0.3, 0.4) is 0 Å². The van der Waals surface area contributed by atoms with Gasteiger partial charge in [-0.15, -0.1) is 0 Å². The minimum Gasteiger partial charge on any atom is -0.352 e. The molecule has 0 aromatic heterocycles. The van der Waals surface area contributed by atoms with Gasteiger partial charge in [0.15, 0.2) is 0 Å². The Balaban J connectivity index is 2.00. The predicted octanol–water partition coefficient (Wildman–Crippen LogP) is 3.00. The van der Waals surface area contributed by atoms with Crippen LogP contribution in [0, 0.1) is 0 Å². The Bertz CT molecular complexity index is 701. The smallest absolute Gasteiger partial charge is 0.312 e. The molecule has 0 spiro atoms. The molecule has 0 fully saturated rings. The van der Waals surface area contributed by atoms with Crippen molar-refractivity contribution in [3.8, 4) is 0 Å². The lowest BCUT2D eigenvalue weighted by atomic mass is 10.1. The summed E-state index contributed by atoms with van der Waals surface area (Å²) in [6, 6.07) is 13.6. The Labute approximate surface area is 139 Å². The normalized spacial score (nSPS) is 11.6. The number of urea groups is 1. The van der Waals surface area contributed by atoms with Crippen molar-refractivity contribution in [2.24, 2.45) is 5.73 Å². The maximum Gasteiger partial charge on any atom is 0.312 e. The summed E-state index contributed by atoms with van der Waals surface area (Å²) in [7, 11) is 0. The Hall–Kier alpha value is -2.53. The molecule has 0 aliphatic heterocycles. The van der Waals surface area contributed by atoms with Crippen LogP contribution in [-0.2, 0) is 6.54 Å². The van der Waals surface area contributed by atoms with Crippen LogP contribution in [0.1, 0.15) is 34.5 Å². The molecule has 0 saturated carbocycles. The number of primary amides is 1. The molecule has 0 saturated heterocycles. The molecule has 4 N–H and O–H groups in total. The van der Waals surface area contributed by atoms with Gasteiger partial charge in [-0.25, -0.2) is 4.79 Å². The van der Waals surface area contributed by atoms with E-state index in [-0.39, 0.29) is 11.9 Å². The molecule has 2 aromatic rings. The number of amides is 3. The molecule has 3 amide bonds. The molecule has 120 valence electrons. The van der Waals surface area contributed by atoms with E-state index in [1.54, 1.807) is 30.3 Å². The first-order valence-electron chi connectivity index (χ1n) is 7.15. The third-order valence-electron chi connectivity index (χ3n) is 3.40. The van der Waals surface area contributed by atoms with Crippen molar-refractivity contribution in [3.63, 3.8) is 0 Å². The second-order valence-corrected chi connectivity index (χ2v) is 5.54. The van der Waals surface area contributed by atoms with E-state index >= 15 is 0 Å². The summed E-state index contributed by atoms with van der Waals surface area (Å²) in [6.07, 6.45) is 0.